The molecule has 0 saturated carbocycles. The Morgan fingerprint density at radius 2 is 2.20 bits per heavy atom. The fourth-order valence-corrected chi connectivity index (χ4v) is 1.60. The van der Waals surface area contributed by atoms with Crippen molar-refractivity contribution < 1.29 is 4.74 Å². The smallest absolute Gasteiger partial charge is 0.191 e. The number of fused-ring (bicyclic) bond motifs is 1. The van der Waals surface area contributed by atoms with Crippen LogP contribution in [0.1, 0.15) is 6.42 Å². The molecule has 0 saturated heterocycles. The van der Waals surface area contributed by atoms with Crippen molar-refractivity contribution in [3.8, 4) is 5.88 Å². The number of aromatic amines is 1. The first-order valence-corrected chi connectivity index (χ1v) is 5.28. The maximum Gasteiger partial charge on any atom is 0.191 e. The molecule has 0 spiro atoms. The monoisotopic (exact) mass is 224 g/mol. The van der Waals surface area contributed by atoms with Crippen molar-refractivity contribution in [1.29, 1.82) is 0 Å². The van der Waals surface area contributed by atoms with E-state index >= 15 is 0 Å². The molecule has 2 rings (SSSR count). The van der Waals surface area contributed by atoms with E-state index in [1.54, 1.807) is 0 Å². The Kier molecular flexibility index (Phi) is 3.14. The number of hydrogen-bond acceptors (Lipinski definition) is 2. The maximum absolute atomic E-state index is 5.88. The van der Waals surface area contributed by atoms with Crippen molar-refractivity contribution >= 4 is 22.5 Å². The van der Waals surface area contributed by atoms with Crippen LogP contribution in [0.15, 0.2) is 24.3 Å². The highest BCUT2D eigenvalue weighted by Gasteiger charge is 2.01. The van der Waals surface area contributed by atoms with Crippen LogP contribution >= 0.6 is 11.6 Å². The first-order chi connectivity index (χ1) is 7.29. The average molecular weight is 225 g/mol. The average Bonchev–Trinajstić information content (AvgIpc) is 2.60. The Morgan fingerprint density at radius 3 is 3.00 bits per heavy atom. The van der Waals surface area contributed by atoms with Crippen LogP contribution in [0.3, 0.4) is 0 Å². The lowest BCUT2D eigenvalue weighted by molar-refractivity contribution is 0.304. The minimum atomic E-state index is 0.636. The van der Waals surface area contributed by atoms with Gasteiger partial charge in [-0.1, -0.05) is 11.6 Å². The number of nitrogens with one attached hydrogen (secondary N) is 1. The van der Waals surface area contributed by atoms with Crippen LogP contribution in [-0.4, -0.2) is 18.1 Å². The lowest BCUT2D eigenvalue weighted by Gasteiger charge is -2.00. The number of rotatable bonds is 4. The Bertz CT molecular complexity index is 453. The summed E-state index contributed by atoms with van der Waals surface area (Å²) in [6.45, 7) is 1.28. The van der Waals surface area contributed by atoms with Gasteiger partial charge in [0, 0.05) is 22.0 Å². The van der Waals surface area contributed by atoms with Crippen molar-refractivity contribution in [3.63, 3.8) is 0 Å². The molecule has 1 aromatic heterocycles. The number of ether oxygens (including phenoxy) is 1. The molecule has 0 atom stereocenters. The lowest BCUT2D eigenvalue weighted by atomic mass is 10.2. The van der Waals surface area contributed by atoms with Gasteiger partial charge in [0.15, 0.2) is 5.88 Å². The van der Waals surface area contributed by atoms with E-state index in [0.29, 0.717) is 13.2 Å². The van der Waals surface area contributed by atoms with E-state index in [-0.39, 0.29) is 0 Å². The molecular weight excluding hydrogens is 212 g/mol. The zero-order valence-electron chi connectivity index (χ0n) is 8.29. The topological polar surface area (TPSA) is 51.0 Å². The molecular formula is C11H13ClN2O. The van der Waals surface area contributed by atoms with Crippen LogP contribution in [0.25, 0.3) is 10.9 Å². The largest absolute Gasteiger partial charge is 0.479 e. The number of aromatic nitrogens is 1. The van der Waals surface area contributed by atoms with E-state index in [2.05, 4.69) is 4.98 Å². The molecule has 0 amide bonds. The van der Waals surface area contributed by atoms with Crippen LogP contribution in [0.4, 0.5) is 0 Å². The summed E-state index contributed by atoms with van der Waals surface area (Å²) in [4.78, 5) is 3.16. The Balaban J connectivity index is 2.16. The minimum absolute atomic E-state index is 0.636. The van der Waals surface area contributed by atoms with Crippen LogP contribution in [0.2, 0.25) is 5.02 Å². The Labute approximate surface area is 93.2 Å². The number of benzene rings is 1. The number of hydrogen-bond donors (Lipinski definition) is 2. The van der Waals surface area contributed by atoms with Crippen molar-refractivity contribution in [3.05, 3.63) is 29.3 Å². The highest BCUT2D eigenvalue weighted by atomic mass is 35.5. The van der Waals surface area contributed by atoms with Gasteiger partial charge in [-0.15, -0.1) is 0 Å². The summed E-state index contributed by atoms with van der Waals surface area (Å²) in [7, 11) is 0. The molecule has 1 heterocycles. The van der Waals surface area contributed by atoms with Crippen molar-refractivity contribution in [1.82, 2.24) is 4.98 Å². The van der Waals surface area contributed by atoms with Gasteiger partial charge in [-0.25, -0.2) is 0 Å². The summed E-state index contributed by atoms with van der Waals surface area (Å²) in [5.41, 5.74) is 6.41. The fourth-order valence-electron chi connectivity index (χ4n) is 1.42. The van der Waals surface area contributed by atoms with E-state index in [0.717, 1.165) is 28.2 Å². The van der Waals surface area contributed by atoms with Gasteiger partial charge in [-0.2, -0.15) is 0 Å². The third-order valence-electron chi connectivity index (χ3n) is 2.16. The summed E-state index contributed by atoms with van der Waals surface area (Å²) in [6.07, 6.45) is 0.857. The zero-order chi connectivity index (χ0) is 10.7. The van der Waals surface area contributed by atoms with Crippen LogP contribution in [-0.2, 0) is 0 Å². The Hall–Kier alpha value is -1.19. The van der Waals surface area contributed by atoms with Crippen LogP contribution in [0, 0.1) is 0 Å². The second kappa shape index (κ2) is 4.55. The molecule has 15 heavy (non-hydrogen) atoms. The van der Waals surface area contributed by atoms with Gasteiger partial charge in [0.2, 0.25) is 0 Å². The highest BCUT2D eigenvalue weighted by molar-refractivity contribution is 6.31. The summed E-state index contributed by atoms with van der Waals surface area (Å²) >= 11 is 5.88. The second-order valence-electron chi connectivity index (χ2n) is 3.36. The molecule has 0 unspecified atom stereocenters. The minimum Gasteiger partial charge on any atom is -0.479 e. The molecule has 0 bridgehead atoms. The molecule has 80 valence electrons. The SMILES string of the molecule is NCCCOc1cc2cc(Cl)ccc2[nH]1. The van der Waals surface area contributed by atoms with Gasteiger partial charge >= 0.3 is 0 Å². The third kappa shape index (κ3) is 2.43. The first-order valence-electron chi connectivity index (χ1n) is 4.91. The predicted molar refractivity (Wildman–Crippen MR) is 62.5 cm³/mol. The van der Waals surface area contributed by atoms with Crippen molar-refractivity contribution in [2.45, 2.75) is 6.42 Å². The van der Waals surface area contributed by atoms with E-state index < -0.39 is 0 Å². The van der Waals surface area contributed by atoms with Gasteiger partial charge in [-0.3, -0.25) is 0 Å². The van der Waals surface area contributed by atoms with Crippen LogP contribution < -0.4 is 10.5 Å². The number of H-pyrrole nitrogens is 1. The normalized spacial score (nSPS) is 10.8. The van der Waals surface area contributed by atoms with Crippen molar-refractivity contribution in [2.24, 2.45) is 5.73 Å². The van der Waals surface area contributed by atoms with Crippen LogP contribution in [0.5, 0.6) is 5.88 Å². The third-order valence-corrected chi connectivity index (χ3v) is 2.40. The molecule has 0 aliphatic heterocycles. The van der Waals surface area contributed by atoms with Gasteiger partial charge in [-0.05, 0) is 31.2 Å². The molecule has 3 N–H and O–H groups in total. The zero-order valence-corrected chi connectivity index (χ0v) is 9.05. The van der Waals surface area contributed by atoms with E-state index in [1.807, 2.05) is 24.3 Å². The van der Waals surface area contributed by atoms with E-state index in [9.17, 15) is 0 Å². The van der Waals surface area contributed by atoms with E-state index in [1.165, 1.54) is 0 Å². The number of nitrogens with two attached hydrogens (primary N) is 1. The molecule has 1 aromatic carbocycles. The molecule has 2 aromatic rings. The molecule has 0 radical (unpaired) electrons. The molecule has 0 fully saturated rings. The maximum atomic E-state index is 5.88. The molecule has 4 heteroatoms. The lowest BCUT2D eigenvalue weighted by Crippen LogP contribution is -2.06. The van der Waals surface area contributed by atoms with Gasteiger partial charge in [0.1, 0.15) is 0 Å². The fraction of sp³-hybridized carbons (Fsp3) is 0.273. The second-order valence-corrected chi connectivity index (χ2v) is 3.79. The van der Waals surface area contributed by atoms with Gasteiger partial charge in [0.25, 0.3) is 0 Å². The predicted octanol–water partition coefficient (Wildman–Crippen LogP) is 2.55. The number of halogens is 1. The quantitative estimate of drug-likeness (QED) is 0.785. The van der Waals surface area contributed by atoms with Gasteiger partial charge < -0.3 is 15.5 Å². The Morgan fingerprint density at radius 1 is 1.33 bits per heavy atom. The van der Waals surface area contributed by atoms with Gasteiger partial charge in [0.05, 0.1) is 6.61 Å². The summed E-state index contributed by atoms with van der Waals surface area (Å²) < 4.78 is 5.49. The van der Waals surface area contributed by atoms with Crippen molar-refractivity contribution in [2.75, 3.05) is 13.2 Å². The first kappa shape index (κ1) is 10.3. The standard InChI is InChI=1S/C11H13ClN2O/c12-9-2-3-10-8(6-9)7-11(14-10)15-5-1-4-13/h2-3,6-7,14H,1,4-5,13H2. The molecule has 0 aliphatic rings. The molecule has 3 nitrogen and oxygen atoms in total. The summed E-state index contributed by atoms with van der Waals surface area (Å²) in [5, 5.41) is 1.79. The van der Waals surface area contributed by atoms with E-state index in [4.69, 9.17) is 22.1 Å². The summed E-state index contributed by atoms with van der Waals surface area (Å²) in [6, 6.07) is 7.64. The molecule has 0 aliphatic carbocycles. The highest BCUT2D eigenvalue weighted by Crippen LogP contribution is 2.23. The summed E-state index contributed by atoms with van der Waals surface area (Å²) in [5.74, 6) is 0.765.